The zero-order valence-corrected chi connectivity index (χ0v) is 20.3. The molecule has 0 aliphatic rings. The third kappa shape index (κ3) is 7.33. The molecule has 0 saturated carbocycles. The van der Waals surface area contributed by atoms with Gasteiger partial charge in [-0.05, 0) is 47.5 Å². The molecule has 0 aliphatic carbocycles. The number of halogens is 5. The summed E-state index contributed by atoms with van der Waals surface area (Å²) >= 11 is 19.4. The topological polar surface area (TPSA) is 38.4 Å². The fraction of sp³-hybridized carbons (Fsp3) is 0.0455. The first kappa shape index (κ1) is 24.8. The van der Waals surface area contributed by atoms with Crippen LogP contribution in [0.5, 0.6) is 0 Å². The predicted octanol–water partition coefficient (Wildman–Crippen LogP) is 8.41. The summed E-state index contributed by atoms with van der Waals surface area (Å²) in [6, 6.07) is 17.5. The fourth-order valence-electron chi connectivity index (χ4n) is 2.50. The zero-order chi connectivity index (χ0) is 20.8. The van der Waals surface area contributed by atoms with E-state index < -0.39 is 0 Å². The van der Waals surface area contributed by atoms with Gasteiger partial charge in [0.2, 0.25) is 0 Å². The highest BCUT2D eigenvalue weighted by Crippen LogP contribution is 2.26. The van der Waals surface area contributed by atoms with Crippen LogP contribution in [0.1, 0.15) is 16.7 Å². The monoisotopic (exact) mass is 544 g/mol. The van der Waals surface area contributed by atoms with Gasteiger partial charge in [-0.15, -0.1) is 17.0 Å². The normalized spacial score (nSPS) is 11.5. The van der Waals surface area contributed by atoms with Crippen molar-refractivity contribution in [3.05, 3.63) is 98.2 Å². The summed E-state index contributed by atoms with van der Waals surface area (Å²) in [5.41, 5.74) is 9.00. The molecule has 0 heterocycles. The lowest BCUT2D eigenvalue weighted by Crippen LogP contribution is -2.06. The van der Waals surface area contributed by atoms with Gasteiger partial charge in [0.05, 0.1) is 10.7 Å². The Labute approximate surface area is 204 Å². The lowest BCUT2D eigenvalue weighted by molar-refractivity contribution is 0.625. The van der Waals surface area contributed by atoms with E-state index in [1.807, 2.05) is 30.3 Å². The summed E-state index contributed by atoms with van der Waals surface area (Å²) in [7, 11) is 0. The van der Waals surface area contributed by atoms with Crippen molar-refractivity contribution in [1.82, 2.24) is 0 Å². The van der Waals surface area contributed by atoms with E-state index in [2.05, 4.69) is 4.99 Å². The third-order valence-corrected chi connectivity index (χ3v) is 5.53. The van der Waals surface area contributed by atoms with Crippen LogP contribution in [0.4, 0.5) is 10.1 Å². The highest BCUT2D eigenvalue weighted by Gasteiger charge is 2.03. The van der Waals surface area contributed by atoms with Gasteiger partial charge in [-0.3, -0.25) is 0 Å². The number of aliphatic imine (C=N–C) groups is 1. The van der Waals surface area contributed by atoms with Gasteiger partial charge in [0.15, 0.2) is 5.17 Å². The van der Waals surface area contributed by atoms with E-state index >= 15 is 0 Å². The van der Waals surface area contributed by atoms with Gasteiger partial charge in [-0.25, -0.2) is 9.38 Å². The van der Waals surface area contributed by atoms with E-state index in [1.165, 1.54) is 17.8 Å². The summed E-state index contributed by atoms with van der Waals surface area (Å²) < 4.78 is 13.8. The first-order chi connectivity index (χ1) is 13.9. The molecule has 3 aromatic rings. The van der Waals surface area contributed by atoms with Crippen LogP contribution in [-0.2, 0) is 5.75 Å². The van der Waals surface area contributed by atoms with Crippen molar-refractivity contribution in [3.63, 3.8) is 0 Å². The molecular weight excluding hydrogens is 530 g/mol. The van der Waals surface area contributed by atoms with Crippen molar-refractivity contribution >= 4 is 86.6 Å². The van der Waals surface area contributed by atoms with E-state index in [9.17, 15) is 4.39 Å². The Morgan fingerprint density at radius 1 is 0.967 bits per heavy atom. The first-order valence-electron chi connectivity index (χ1n) is 8.55. The summed E-state index contributed by atoms with van der Waals surface area (Å²) in [4.78, 5) is 4.32. The number of rotatable bonds is 5. The Morgan fingerprint density at radius 2 is 1.63 bits per heavy atom. The van der Waals surface area contributed by atoms with E-state index in [-0.39, 0.29) is 22.8 Å². The molecule has 2 nitrogen and oxygen atoms in total. The number of hydrogen-bond donors (Lipinski definition) is 1. The molecule has 0 fully saturated rings. The molecule has 0 saturated heterocycles. The molecule has 0 amide bonds. The summed E-state index contributed by atoms with van der Waals surface area (Å²) in [6.45, 7) is 0. The maximum Gasteiger partial charge on any atom is 0.159 e. The lowest BCUT2D eigenvalue weighted by Gasteiger charge is -2.04. The van der Waals surface area contributed by atoms with Crippen molar-refractivity contribution in [1.29, 1.82) is 0 Å². The second-order valence-corrected chi connectivity index (χ2v) is 8.35. The minimum absolute atomic E-state index is 0. The molecule has 0 atom stereocenters. The first-order valence-corrected chi connectivity index (χ1v) is 10.7. The Balaban J connectivity index is 0.00000320. The molecule has 2 N–H and O–H groups in total. The van der Waals surface area contributed by atoms with Crippen LogP contribution in [-0.4, -0.2) is 5.17 Å². The quantitative estimate of drug-likeness (QED) is 0.198. The molecule has 0 aliphatic heterocycles. The average molecular weight is 547 g/mol. The Hall–Kier alpha value is -1.50. The van der Waals surface area contributed by atoms with Gasteiger partial charge in [-0.1, -0.05) is 83.0 Å². The highest BCUT2D eigenvalue weighted by atomic mass is 79.9. The summed E-state index contributed by atoms with van der Waals surface area (Å²) in [5.74, 6) is 0.310. The number of hydrogen-bond acceptors (Lipinski definition) is 2. The largest absolute Gasteiger partial charge is 0.378 e. The minimum atomic E-state index is -0.350. The zero-order valence-electron chi connectivity index (χ0n) is 15.5. The third-order valence-electron chi connectivity index (χ3n) is 3.90. The fourth-order valence-corrected chi connectivity index (χ4v) is 3.91. The van der Waals surface area contributed by atoms with Crippen LogP contribution in [0.3, 0.4) is 0 Å². The van der Waals surface area contributed by atoms with Crippen LogP contribution in [0.25, 0.3) is 12.2 Å². The van der Waals surface area contributed by atoms with E-state index in [0.29, 0.717) is 37.2 Å². The van der Waals surface area contributed by atoms with Crippen LogP contribution in [0, 0.1) is 5.82 Å². The molecule has 0 unspecified atom stereocenters. The van der Waals surface area contributed by atoms with Gasteiger partial charge < -0.3 is 5.73 Å². The Morgan fingerprint density at radius 3 is 2.27 bits per heavy atom. The number of amidine groups is 1. The summed E-state index contributed by atoms with van der Waals surface area (Å²) in [5, 5.41) is 1.82. The molecule has 0 spiro atoms. The molecular formula is C22H17BrCl3FN2S. The molecule has 3 aromatic carbocycles. The van der Waals surface area contributed by atoms with Gasteiger partial charge in [0, 0.05) is 21.4 Å². The maximum atomic E-state index is 13.8. The molecule has 156 valence electrons. The van der Waals surface area contributed by atoms with Crippen LogP contribution < -0.4 is 5.73 Å². The van der Waals surface area contributed by atoms with Crippen LogP contribution in [0.15, 0.2) is 65.7 Å². The van der Waals surface area contributed by atoms with Crippen molar-refractivity contribution in [2.45, 2.75) is 5.75 Å². The van der Waals surface area contributed by atoms with Crippen LogP contribution >= 0.6 is 63.5 Å². The lowest BCUT2D eigenvalue weighted by atomic mass is 10.1. The SMILES string of the molecule is Br.NC(=Nc1cc(Cl)cc(Cl)c1)SCc1ccc(C=Cc2c(F)cccc2Cl)cc1. The number of nitrogens with zero attached hydrogens (tertiary/aromatic N) is 1. The van der Waals surface area contributed by atoms with E-state index in [4.69, 9.17) is 40.5 Å². The smallest absolute Gasteiger partial charge is 0.159 e. The van der Waals surface area contributed by atoms with Crippen molar-refractivity contribution < 1.29 is 4.39 Å². The maximum absolute atomic E-state index is 13.8. The standard InChI is InChI=1S/C22H16Cl3FN2S.BrH/c23-16-10-17(24)12-18(11-16)28-22(27)29-13-15-6-4-14(5-7-15)8-9-19-20(25)2-1-3-21(19)26;/h1-12H,13H2,(H2,27,28);1H. The van der Waals surface area contributed by atoms with Crippen molar-refractivity contribution in [2.75, 3.05) is 0 Å². The Kier molecular flexibility index (Phi) is 9.72. The highest BCUT2D eigenvalue weighted by molar-refractivity contribution is 8.93. The van der Waals surface area contributed by atoms with Crippen molar-refractivity contribution in [2.24, 2.45) is 10.7 Å². The number of nitrogens with two attached hydrogens (primary N) is 1. The van der Waals surface area contributed by atoms with Gasteiger partial charge in [0.1, 0.15) is 5.82 Å². The van der Waals surface area contributed by atoms with Gasteiger partial charge in [0.25, 0.3) is 0 Å². The van der Waals surface area contributed by atoms with Gasteiger partial charge in [-0.2, -0.15) is 0 Å². The van der Waals surface area contributed by atoms with Gasteiger partial charge >= 0.3 is 0 Å². The van der Waals surface area contributed by atoms with Crippen LogP contribution in [0.2, 0.25) is 15.1 Å². The number of thioether (sulfide) groups is 1. The van der Waals surface area contributed by atoms with E-state index in [1.54, 1.807) is 36.4 Å². The average Bonchev–Trinajstić information content (AvgIpc) is 2.66. The summed E-state index contributed by atoms with van der Waals surface area (Å²) in [6.07, 6.45) is 3.49. The molecule has 3 rings (SSSR count). The molecule has 0 bridgehead atoms. The predicted molar refractivity (Wildman–Crippen MR) is 136 cm³/mol. The number of benzene rings is 3. The molecule has 30 heavy (non-hydrogen) atoms. The molecule has 8 heteroatoms. The Bertz CT molecular complexity index is 1030. The van der Waals surface area contributed by atoms with E-state index in [0.717, 1.165) is 11.1 Å². The minimum Gasteiger partial charge on any atom is -0.378 e. The second-order valence-electron chi connectivity index (χ2n) is 6.08. The second kappa shape index (κ2) is 11.8. The molecule has 0 aromatic heterocycles. The van der Waals surface area contributed by atoms with Crippen molar-refractivity contribution in [3.8, 4) is 0 Å². The molecule has 0 radical (unpaired) electrons.